The number of likely N-dealkylation sites (tertiary alicyclic amines) is 1. The molecule has 0 unspecified atom stereocenters. The number of benzene rings is 1. The molecule has 88 valence electrons. The maximum atomic E-state index is 9.23. The molecule has 1 aliphatic heterocycles. The van der Waals surface area contributed by atoms with E-state index in [0.717, 1.165) is 19.4 Å². The summed E-state index contributed by atoms with van der Waals surface area (Å²) in [6.45, 7) is 5.56. The van der Waals surface area contributed by atoms with Gasteiger partial charge in [0.2, 0.25) is 0 Å². The molecule has 3 rings (SSSR count). The van der Waals surface area contributed by atoms with Crippen molar-refractivity contribution in [1.82, 2.24) is 4.90 Å². The van der Waals surface area contributed by atoms with Gasteiger partial charge in [0.25, 0.3) is 0 Å². The minimum absolute atomic E-state index is 0.257. The molecule has 1 fully saturated rings. The molecule has 1 saturated heterocycles. The van der Waals surface area contributed by atoms with Crippen LogP contribution >= 0.6 is 0 Å². The van der Waals surface area contributed by atoms with E-state index in [4.69, 9.17) is 0 Å². The van der Waals surface area contributed by atoms with Crippen LogP contribution in [0, 0.1) is 17.4 Å². The molecule has 3 atom stereocenters. The maximum Gasteiger partial charge on any atom is 0.179 e. The highest BCUT2D eigenvalue weighted by Gasteiger charge is 2.46. The molecule has 0 N–H and O–H groups in total. The molecular weight excluding hydrogens is 208 g/mol. The number of hydrogen-bond donors (Lipinski definition) is 0. The lowest BCUT2D eigenvalue weighted by atomic mass is 9.60. The number of piperidine rings is 1. The van der Waals surface area contributed by atoms with Crippen LogP contribution in [0.1, 0.15) is 31.4 Å². The summed E-state index contributed by atoms with van der Waals surface area (Å²) in [7, 11) is 0. The fourth-order valence-corrected chi connectivity index (χ4v) is 3.64. The summed E-state index contributed by atoms with van der Waals surface area (Å²) in [4.78, 5) is 1.99. The van der Waals surface area contributed by atoms with Crippen molar-refractivity contribution < 1.29 is 0 Å². The molecule has 2 heteroatoms. The summed E-state index contributed by atoms with van der Waals surface area (Å²) in [5, 5.41) is 9.23. The average Bonchev–Trinajstić information content (AvgIpc) is 2.34. The quantitative estimate of drug-likeness (QED) is 0.636. The Bertz CT molecular complexity index is 488. The minimum Gasteiger partial charge on any atom is -0.307 e. The minimum atomic E-state index is 0.257. The third kappa shape index (κ3) is 1.38. The second kappa shape index (κ2) is 3.50. The van der Waals surface area contributed by atoms with Gasteiger partial charge in [-0.3, -0.25) is 0 Å². The Morgan fingerprint density at radius 2 is 2.18 bits per heavy atom. The average molecular weight is 226 g/mol. The highest BCUT2D eigenvalue weighted by molar-refractivity contribution is 5.39. The van der Waals surface area contributed by atoms with Crippen molar-refractivity contribution in [3.8, 4) is 6.19 Å². The van der Waals surface area contributed by atoms with Gasteiger partial charge >= 0.3 is 0 Å². The predicted octanol–water partition coefficient (Wildman–Crippen LogP) is 2.69. The zero-order chi connectivity index (χ0) is 12.0. The molecule has 0 saturated carbocycles. The van der Waals surface area contributed by atoms with Gasteiger partial charge < -0.3 is 4.90 Å². The van der Waals surface area contributed by atoms with Crippen molar-refractivity contribution in [2.24, 2.45) is 5.92 Å². The van der Waals surface area contributed by atoms with Crippen molar-refractivity contribution in [2.75, 3.05) is 6.54 Å². The number of hydrogen-bond acceptors (Lipinski definition) is 2. The van der Waals surface area contributed by atoms with E-state index >= 15 is 0 Å². The number of nitriles is 1. The molecule has 2 bridgehead atoms. The Hall–Kier alpha value is -1.49. The first-order chi connectivity index (χ1) is 8.15. The van der Waals surface area contributed by atoms with Crippen molar-refractivity contribution >= 4 is 0 Å². The van der Waals surface area contributed by atoms with Crippen LogP contribution in [-0.2, 0) is 11.8 Å². The van der Waals surface area contributed by atoms with Crippen LogP contribution < -0.4 is 0 Å². The lowest BCUT2D eigenvalue weighted by Gasteiger charge is -2.51. The monoisotopic (exact) mass is 226 g/mol. The molecule has 2 aliphatic rings. The molecule has 0 radical (unpaired) electrons. The molecule has 2 nitrogen and oxygen atoms in total. The van der Waals surface area contributed by atoms with E-state index < -0.39 is 0 Å². The fraction of sp³-hybridized carbons (Fsp3) is 0.533. The topological polar surface area (TPSA) is 27.0 Å². The molecule has 0 aromatic heterocycles. The van der Waals surface area contributed by atoms with Gasteiger partial charge in [0.05, 0.1) is 0 Å². The van der Waals surface area contributed by atoms with E-state index in [1.54, 1.807) is 0 Å². The van der Waals surface area contributed by atoms with Crippen LogP contribution in [0.25, 0.3) is 0 Å². The van der Waals surface area contributed by atoms with Crippen LogP contribution in [0.4, 0.5) is 0 Å². The third-order valence-corrected chi connectivity index (χ3v) is 4.88. The summed E-state index contributed by atoms with van der Waals surface area (Å²) in [5.74, 6) is 0.542. The van der Waals surface area contributed by atoms with Crippen molar-refractivity contribution in [3.63, 3.8) is 0 Å². The zero-order valence-corrected chi connectivity index (χ0v) is 10.5. The first kappa shape index (κ1) is 10.7. The first-order valence-electron chi connectivity index (χ1n) is 6.40. The Labute approximate surface area is 103 Å². The van der Waals surface area contributed by atoms with Crippen molar-refractivity contribution in [1.29, 1.82) is 5.26 Å². The summed E-state index contributed by atoms with van der Waals surface area (Å²) >= 11 is 0. The molecule has 17 heavy (non-hydrogen) atoms. The first-order valence-corrected chi connectivity index (χ1v) is 6.40. The largest absolute Gasteiger partial charge is 0.307 e. The van der Waals surface area contributed by atoms with Crippen LogP contribution in [0.15, 0.2) is 24.3 Å². The van der Waals surface area contributed by atoms with Gasteiger partial charge in [-0.1, -0.05) is 38.1 Å². The fourth-order valence-electron chi connectivity index (χ4n) is 3.64. The Kier molecular flexibility index (Phi) is 2.19. The number of rotatable bonds is 0. The van der Waals surface area contributed by atoms with E-state index in [9.17, 15) is 5.26 Å². The van der Waals surface area contributed by atoms with E-state index in [-0.39, 0.29) is 5.41 Å². The Balaban J connectivity index is 2.12. The van der Waals surface area contributed by atoms with E-state index in [1.807, 2.05) is 4.90 Å². The van der Waals surface area contributed by atoms with E-state index in [2.05, 4.69) is 44.3 Å². The lowest BCUT2D eigenvalue weighted by molar-refractivity contribution is 0.0860. The van der Waals surface area contributed by atoms with Crippen LogP contribution in [0.3, 0.4) is 0 Å². The summed E-state index contributed by atoms with van der Waals surface area (Å²) in [6, 6.07) is 9.19. The molecule has 1 aliphatic carbocycles. The van der Waals surface area contributed by atoms with Crippen LogP contribution in [0.5, 0.6) is 0 Å². The van der Waals surface area contributed by atoms with Gasteiger partial charge in [-0.2, -0.15) is 5.26 Å². The molecule has 0 amide bonds. The SMILES string of the molecule is C[C@@H]1CN(C#N)[C@@H]2Cc3ccccc3[C@@]1(C)C2. The highest BCUT2D eigenvalue weighted by Crippen LogP contribution is 2.47. The number of fused-ring (bicyclic) bond motifs is 4. The molecule has 1 aromatic rings. The summed E-state index contributed by atoms with van der Waals surface area (Å²) in [5.41, 5.74) is 3.21. The van der Waals surface area contributed by atoms with Crippen molar-refractivity contribution in [3.05, 3.63) is 35.4 Å². The molecular formula is C15H18N2. The maximum absolute atomic E-state index is 9.23. The van der Waals surface area contributed by atoms with Gasteiger partial charge in [0, 0.05) is 12.6 Å². The van der Waals surface area contributed by atoms with Crippen LogP contribution in [0.2, 0.25) is 0 Å². The standard InChI is InChI=1S/C15H18N2/c1-11-9-17(10-16)13-7-12-5-3-4-6-14(12)15(11,2)8-13/h3-6,11,13H,7-9H2,1-2H3/t11-,13-,15+/m1/s1. The second-order valence-electron chi connectivity index (χ2n) is 5.79. The lowest BCUT2D eigenvalue weighted by Crippen LogP contribution is -2.54. The van der Waals surface area contributed by atoms with Gasteiger partial charge in [0.15, 0.2) is 6.19 Å². The summed E-state index contributed by atoms with van der Waals surface area (Å²) < 4.78 is 0. The third-order valence-electron chi connectivity index (χ3n) is 4.88. The summed E-state index contributed by atoms with van der Waals surface area (Å²) in [6.07, 6.45) is 4.53. The molecule has 1 aromatic carbocycles. The zero-order valence-electron chi connectivity index (χ0n) is 10.5. The van der Waals surface area contributed by atoms with Gasteiger partial charge in [-0.25, -0.2) is 0 Å². The predicted molar refractivity (Wildman–Crippen MR) is 67.4 cm³/mol. The Morgan fingerprint density at radius 1 is 1.41 bits per heavy atom. The normalized spacial score (nSPS) is 35.0. The molecule has 0 spiro atoms. The van der Waals surface area contributed by atoms with Crippen molar-refractivity contribution in [2.45, 2.75) is 38.1 Å². The number of nitrogens with zero attached hydrogens (tertiary/aromatic N) is 2. The van der Waals surface area contributed by atoms with Gasteiger partial charge in [-0.15, -0.1) is 0 Å². The van der Waals surface area contributed by atoms with E-state index in [0.29, 0.717) is 12.0 Å². The van der Waals surface area contributed by atoms with Gasteiger partial charge in [-0.05, 0) is 35.3 Å². The second-order valence-corrected chi connectivity index (χ2v) is 5.79. The Morgan fingerprint density at radius 3 is 2.94 bits per heavy atom. The van der Waals surface area contributed by atoms with Crippen LogP contribution in [-0.4, -0.2) is 17.5 Å². The highest BCUT2D eigenvalue weighted by atomic mass is 15.2. The van der Waals surface area contributed by atoms with Gasteiger partial charge in [0.1, 0.15) is 0 Å². The van der Waals surface area contributed by atoms with E-state index in [1.165, 1.54) is 11.1 Å². The molecule has 1 heterocycles. The smallest absolute Gasteiger partial charge is 0.179 e.